The van der Waals surface area contributed by atoms with Gasteiger partial charge in [-0.1, -0.05) is 26.2 Å². The first-order valence-electron chi connectivity index (χ1n) is 5.76. The van der Waals surface area contributed by atoms with Crippen LogP contribution in [0.1, 0.15) is 45.4 Å². The van der Waals surface area contributed by atoms with Gasteiger partial charge in [0.25, 0.3) is 0 Å². The Bertz CT molecular complexity index is 155. The van der Waals surface area contributed by atoms with Gasteiger partial charge in [-0.15, -0.1) is 0 Å². The number of hydrogen-bond donors (Lipinski definition) is 3. The average Bonchev–Trinajstić information content (AvgIpc) is 2.27. The van der Waals surface area contributed by atoms with Crippen molar-refractivity contribution in [2.75, 3.05) is 13.2 Å². The molecule has 0 heterocycles. The molecule has 1 fully saturated rings. The van der Waals surface area contributed by atoms with Crippen LogP contribution < -0.4 is 5.32 Å². The Morgan fingerprint density at radius 2 is 1.93 bits per heavy atom. The Morgan fingerprint density at radius 1 is 1.29 bits per heavy atom. The Kier molecular flexibility index (Phi) is 4.85. The van der Waals surface area contributed by atoms with Crippen LogP contribution in [0.2, 0.25) is 0 Å². The van der Waals surface area contributed by atoms with Crippen LogP contribution in [0.3, 0.4) is 0 Å². The maximum Gasteiger partial charge on any atom is 0.0662 e. The molecular weight excluding hydrogens is 178 g/mol. The topological polar surface area (TPSA) is 52.5 Å². The van der Waals surface area contributed by atoms with Crippen LogP contribution in [0.4, 0.5) is 0 Å². The highest BCUT2D eigenvalue weighted by Gasteiger charge is 2.30. The second-order valence-electron chi connectivity index (χ2n) is 4.44. The molecule has 0 aliphatic heterocycles. The van der Waals surface area contributed by atoms with Gasteiger partial charge in [-0.3, -0.25) is 0 Å². The Balaban J connectivity index is 2.36. The van der Waals surface area contributed by atoms with Crippen LogP contribution in [0.5, 0.6) is 0 Å². The number of β-amino-alcohol motifs (C(OH)–C–C–N with tert-alkyl or cyclic N) is 1. The van der Waals surface area contributed by atoms with Crippen molar-refractivity contribution in [3.8, 4) is 0 Å². The van der Waals surface area contributed by atoms with Gasteiger partial charge in [0.15, 0.2) is 0 Å². The van der Waals surface area contributed by atoms with Crippen LogP contribution >= 0.6 is 0 Å². The molecule has 0 amide bonds. The fourth-order valence-corrected chi connectivity index (χ4v) is 2.10. The first-order valence-corrected chi connectivity index (χ1v) is 5.76. The van der Waals surface area contributed by atoms with Gasteiger partial charge in [-0.05, 0) is 19.3 Å². The van der Waals surface area contributed by atoms with Gasteiger partial charge in [-0.2, -0.15) is 0 Å². The molecule has 1 aliphatic carbocycles. The molecule has 0 bridgehead atoms. The van der Waals surface area contributed by atoms with Crippen LogP contribution in [0.15, 0.2) is 0 Å². The first-order chi connectivity index (χ1) is 6.72. The summed E-state index contributed by atoms with van der Waals surface area (Å²) in [6.07, 6.45) is 6.24. The molecule has 0 spiro atoms. The van der Waals surface area contributed by atoms with E-state index >= 15 is 0 Å². The third-order valence-electron chi connectivity index (χ3n) is 3.30. The highest BCUT2D eigenvalue weighted by Crippen LogP contribution is 2.27. The SMILES string of the molecule is CCC(O)CNC1(CO)CCCCC1. The van der Waals surface area contributed by atoms with Crippen molar-refractivity contribution in [1.29, 1.82) is 0 Å². The molecule has 14 heavy (non-hydrogen) atoms. The molecule has 1 aliphatic rings. The van der Waals surface area contributed by atoms with E-state index in [1.165, 1.54) is 19.3 Å². The van der Waals surface area contributed by atoms with E-state index in [0.29, 0.717) is 6.54 Å². The zero-order valence-corrected chi connectivity index (χ0v) is 9.13. The fraction of sp³-hybridized carbons (Fsp3) is 1.00. The summed E-state index contributed by atoms with van der Waals surface area (Å²) in [5.41, 5.74) is -0.103. The minimum absolute atomic E-state index is 0.103. The monoisotopic (exact) mass is 201 g/mol. The summed E-state index contributed by atoms with van der Waals surface area (Å²) in [6.45, 7) is 2.78. The van der Waals surface area contributed by atoms with E-state index in [1.54, 1.807) is 0 Å². The van der Waals surface area contributed by atoms with E-state index in [1.807, 2.05) is 6.92 Å². The van der Waals surface area contributed by atoms with Crippen molar-refractivity contribution in [1.82, 2.24) is 5.32 Å². The van der Waals surface area contributed by atoms with Crippen LogP contribution in [0.25, 0.3) is 0 Å². The molecule has 0 radical (unpaired) electrons. The normalized spacial score (nSPS) is 23.4. The summed E-state index contributed by atoms with van der Waals surface area (Å²) < 4.78 is 0. The fourth-order valence-electron chi connectivity index (χ4n) is 2.10. The molecule has 0 aromatic rings. The van der Waals surface area contributed by atoms with E-state index in [0.717, 1.165) is 19.3 Å². The summed E-state index contributed by atoms with van der Waals surface area (Å²) >= 11 is 0. The van der Waals surface area contributed by atoms with Gasteiger partial charge in [0, 0.05) is 12.1 Å². The van der Waals surface area contributed by atoms with Gasteiger partial charge in [0.05, 0.1) is 12.7 Å². The van der Waals surface area contributed by atoms with Crippen molar-refractivity contribution < 1.29 is 10.2 Å². The second-order valence-corrected chi connectivity index (χ2v) is 4.44. The smallest absolute Gasteiger partial charge is 0.0662 e. The lowest BCUT2D eigenvalue weighted by Crippen LogP contribution is -2.52. The molecule has 1 rings (SSSR count). The Labute approximate surface area is 86.5 Å². The molecular formula is C11H23NO2. The molecule has 3 nitrogen and oxygen atoms in total. The first kappa shape index (κ1) is 12.0. The third kappa shape index (κ3) is 3.23. The highest BCUT2D eigenvalue weighted by molar-refractivity contribution is 4.90. The zero-order valence-electron chi connectivity index (χ0n) is 9.13. The van der Waals surface area contributed by atoms with E-state index in [4.69, 9.17) is 0 Å². The average molecular weight is 201 g/mol. The zero-order chi connectivity index (χ0) is 10.4. The van der Waals surface area contributed by atoms with Crippen molar-refractivity contribution >= 4 is 0 Å². The summed E-state index contributed by atoms with van der Waals surface area (Å²) in [5, 5.41) is 22.2. The van der Waals surface area contributed by atoms with Crippen molar-refractivity contribution in [3.05, 3.63) is 0 Å². The maximum atomic E-state index is 9.45. The van der Waals surface area contributed by atoms with E-state index in [-0.39, 0.29) is 18.2 Å². The van der Waals surface area contributed by atoms with Gasteiger partial charge >= 0.3 is 0 Å². The van der Waals surface area contributed by atoms with Gasteiger partial charge in [0.2, 0.25) is 0 Å². The predicted octanol–water partition coefficient (Wildman–Crippen LogP) is 1.04. The molecule has 1 unspecified atom stereocenters. The van der Waals surface area contributed by atoms with Crippen molar-refractivity contribution in [2.45, 2.75) is 57.1 Å². The van der Waals surface area contributed by atoms with Crippen molar-refractivity contribution in [3.63, 3.8) is 0 Å². The predicted molar refractivity (Wildman–Crippen MR) is 57.2 cm³/mol. The molecule has 3 heteroatoms. The van der Waals surface area contributed by atoms with Gasteiger partial charge < -0.3 is 15.5 Å². The quantitative estimate of drug-likeness (QED) is 0.623. The molecule has 0 aromatic heterocycles. The van der Waals surface area contributed by atoms with Gasteiger partial charge in [0.1, 0.15) is 0 Å². The Hall–Kier alpha value is -0.120. The lowest BCUT2D eigenvalue weighted by atomic mass is 9.82. The van der Waals surface area contributed by atoms with E-state index < -0.39 is 0 Å². The number of hydrogen-bond acceptors (Lipinski definition) is 3. The van der Waals surface area contributed by atoms with Gasteiger partial charge in [-0.25, -0.2) is 0 Å². The number of aliphatic hydroxyl groups is 2. The largest absolute Gasteiger partial charge is 0.394 e. The highest BCUT2D eigenvalue weighted by atomic mass is 16.3. The maximum absolute atomic E-state index is 9.45. The molecule has 1 atom stereocenters. The Morgan fingerprint density at radius 3 is 2.43 bits per heavy atom. The minimum atomic E-state index is -0.277. The second kappa shape index (κ2) is 5.69. The summed E-state index contributed by atoms with van der Waals surface area (Å²) in [7, 11) is 0. The van der Waals surface area contributed by atoms with Crippen LogP contribution in [-0.2, 0) is 0 Å². The molecule has 3 N–H and O–H groups in total. The lowest BCUT2D eigenvalue weighted by Gasteiger charge is -2.37. The van der Waals surface area contributed by atoms with Crippen molar-refractivity contribution in [2.24, 2.45) is 0 Å². The molecule has 0 aromatic carbocycles. The summed E-state index contributed by atoms with van der Waals surface area (Å²) in [6, 6.07) is 0. The summed E-state index contributed by atoms with van der Waals surface area (Å²) in [4.78, 5) is 0. The van der Waals surface area contributed by atoms with E-state index in [9.17, 15) is 10.2 Å². The number of rotatable bonds is 5. The summed E-state index contributed by atoms with van der Waals surface area (Å²) in [5.74, 6) is 0. The lowest BCUT2D eigenvalue weighted by molar-refractivity contribution is 0.0931. The van der Waals surface area contributed by atoms with Crippen LogP contribution in [-0.4, -0.2) is 35.0 Å². The molecule has 84 valence electrons. The molecule has 1 saturated carbocycles. The number of nitrogens with one attached hydrogen (secondary N) is 1. The third-order valence-corrected chi connectivity index (χ3v) is 3.30. The molecule has 0 saturated heterocycles. The van der Waals surface area contributed by atoms with Crippen LogP contribution in [0, 0.1) is 0 Å². The van der Waals surface area contributed by atoms with E-state index in [2.05, 4.69) is 5.32 Å². The number of aliphatic hydroxyl groups excluding tert-OH is 2. The minimum Gasteiger partial charge on any atom is -0.394 e. The standard InChI is InChI=1S/C11H23NO2/c1-2-10(14)8-12-11(9-13)6-4-3-5-7-11/h10,12-14H,2-9H2,1H3.